The molecule has 0 saturated heterocycles. The van der Waals surface area contributed by atoms with Crippen molar-refractivity contribution in [1.82, 2.24) is 5.32 Å². The van der Waals surface area contributed by atoms with Crippen LogP contribution < -0.4 is 5.32 Å². The van der Waals surface area contributed by atoms with E-state index in [1.54, 1.807) is 6.08 Å². The summed E-state index contributed by atoms with van der Waals surface area (Å²) in [5.74, 6) is -0.0503. The molecule has 0 aliphatic rings. The van der Waals surface area contributed by atoms with Gasteiger partial charge in [-0.05, 0) is 57.8 Å². The van der Waals surface area contributed by atoms with Gasteiger partial charge in [0.25, 0.3) is 0 Å². The van der Waals surface area contributed by atoms with Gasteiger partial charge in [-0.15, -0.1) is 0 Å². The average Bonchev–Trinajstić information content (AvgIpc) is 3.43. The lowest BCUT2D eigenvalue weighted by molar-refractivity contribution is -0.143. The minimum Gasteiger partial charge on any atom is -0.466 e. The van der Waals surface area contributed by atoms with Crippen molar-refractivity contribution >= 4 is 11.9 Å². The Morgan fingerprint density at radius 3 is 0.922 bits per heavy atom. The fourth-order valence-electron chi connectivity index (χ4n) is 11.1. The van der Waals surface area contributed by atoms with E-state index in [1.807, 2.05) is 6.08 Å². The Morgan fingerprint density at radius 2 is 0.610 bits per heavy atom. The number of aliphatic hydroxyl groups is 2. The first kappa shape index (κ1) is 75.3. The smallest absolute Gasteiger partial charge is 0.305 e. The van der Waals surface area contributed by atoms with Crippen molar-refractivity contribution < 1.29 is 24.5 Å². The average molecular weight is 1080 g/mol. The highest BCUT2D eigenvalue weighted by atomic mass is 16.5. The van der Waals surface area contributed by atoms with E-state index in [2.05, 4.69) is 31.3 Å². The third-order valence-corrected chi connectivity index (χ3v) is 16.5. The second-order valence-electron chi connectivity index (χ2n) is 24.2. The zero-order valence-electron chi connectivity index (χ0n) is 52.2. The summed E-state index contributed by atoms with van der Waals surface area (Å²) in [6.45, 7) is 4.94. The molecule has 3 N–H and O–H groups in total. The number of aliphatic hydroxyl groups excluding tert-OH is 2. The molecule has 0 aromatic heterocycles. The third-order valence-electron chi connectivity index (χ3n) is 16.5. The van der Waals surface area contributed by atoms with Crippen LogP contribution in [0.3, 0.4) is 0 Å². The molecule has 0 fully saturated rings. The number of hydrogen-bond donors (Lipinski definition) is 3. The molecule has 456 valence electrons. The normalized spacial score (nSPS) is 12.6. The largest absolute Gasteiger partial charge is 0.466 e. The number of carbonyl (C=O) groups is 2. The van der Waals surface area contributed by atoms with Gasteiger partial charge >= 0.3 is 5.97 Å². The van der Waals surface area contributed by atoms with Gasteiger partial charge in [-0.2, -0.15) is 0 Å². The lowest BCUT2D eigenvalue weighted by Gasteiger charge is -2.20. The molecule has 0 spiro atoms. The number of amides is 1. The minimum atomic E-state index is -0.847. The first-order valence-electron chi connectivity index (χ1n) is 35.1. The van der Waals surface area contributed by atoms with E-state index < -0.39 is 12.1 Å². The predicted molar refractivity (Wildman–Crippen MR) is 338 cm³/mol. The zero-order valence-corrected chi connectivity index (χ0v) is 52.2. The Balaban J connectivity index is 3.41. The maximum Gasteiger partial charge on any atom is 0.305 e. The summed E-state index contributed by atoms with van der Waals surface area (Å²) in [5, 5.41) is 23.2. The fourth-order valence-corrected chi connectivity index (χ4v) is 11.1. The molecule has 2 unspecified atom stereocenters. The van der Waals surface area contributed by atoms with Gasteiger partial charge in [0.2, 0.25) is 5.91 Å². The van der Waals surface area contributed by atoms with Gasteiger partial charge in [-0.25, -0.2) is 0 Å². The molecule has 0 aliphatic heterocycles. The molecule has 0 aromatic carbocycles. The number of rotatable bonds is 66. The highest BCUT2D eigenvalue weighted by Crippen LogP contribution is 2.19. The summed E-state index contributed by atoms with van der Waals surface area (Å²) in [6.07, 6.45) is 83.9. The van der Waals surface area contributed by atoms with Crippen molar-refractivity contribution in [3.8, 4) is 0 Å². The van der Waals surface area contributed by atoms with E-state index in [1.165, 1.54) is 327 Å². The molecule has 0 aliphatic carbocycles. The second kappa shape index (κ2) is 66.8. The van der Waals surface area contributed by atoms with Crippen LogP contribution in [0.15, 0.2) is 24.3 Å². The summed E-state index contributed by atoms with van der Waals surface area (Å²) < 4.78 is 5.50. The zero-order chi connectivity index (χ0) is 55.7. The molecular weight excluding hydrogens is 947 g/mol. The highest BCUT2D eigenvalue weighted by molar-refractivity contribution is 5.76. The van der Waals surface area contributed by atoms with Gasteiger partial charge in [0.15, 0.2) is 0 Å². The molecule has 77 heavy (non-hydrogen) atoms. The van der Waals surface area contributed by atoms with Crippen LogP contribution in [0.4, 0.5) is 0 Å². The van der Waals surface area contributed by atoms with E-state index in [-0.39, 0.29) is 18.5 Å². The van der Waals surface area contributed by atoms with Crippen LogP contribution in [-0.4, -0.2) is 47.4 Å². The number of unbranched alkanes of at least 4 members (excludes halogenated alkanes) is 53. The second-order valence-corrected chi connectivity index (χ2v) is 24.2. The number of ether oxygens (including phenoxy) is 1. The van der Waals surface area contributed by atoms with Crippen LogP contribution in [0.25, 0.3) is 0 Å². The first-order valence-corrected chi connectivity index (χ1v) is 35.1. The van der Waals surface area contributed by atoms with Crippen LogP contribution in [0.5, 0.6) is 0 Å². The van der Waals surface area contributed by atoms with Gasteiger partial charge in [0.1, 0.15) is 0 Å². The lowest BCUT2D eigenvalue weighted by atomic mass is 10.0. The standard InChI is InChI=1S/C71H137NO5/c1-3-5-7-9-11-13-15-17-19-21-29-32-35-39-43-47-51-55-59-63-69(74)68(67-73)72-70(75)64-60-56-52-48-44-40-36-33-30-27-25-23-22-24-26-28-31-34-38-42-46-50-54-58-62-66-77-71(76)65-61-57-53-49-45-41-37-20-18-16-14-12-10-8-6-4-2/h23,25,59,63,68-69,73-74H,3-22,24,26-58,60-62,64-67H2,1-2H3,(H,72,75)/b25-23-,63-59+. The molecule has 0 saturated carbocycles. The molecule has 0 radical (unpaired) electrons. The Morgan fingerprint density at radius 1 is 0.351 bits per heavy atom. The van der Waals surface area contributed by atoms with Crippen molar-refractivity contribution in [3.05, 3.63) is 24.3 Å². The lowest BCUT2D eigenvalue weighted by Crippen LogP contribution is -2.45. The molecule has 0 heterocycles. The summed E-state index contributed by atoms with van der Waals surface area (Å²) in [7, 11) is 0. The summed E-state index contributed by atoms with van der Waals surface area (Å²) >= 11 is 0. The molecule has 1 amide bonds. The number of allylic oxidation sites excluding steroid dienone is 3. The molecule has 6 nitrogen and oxygen atoms in total. The maximum atomic E-state index is 12.5. The van der Waals surface area contributed by atoms with Crippen LogP contribution in [0, 0.1) is 0 Å². The predicted octanol–water partition coefficient (Wildman–Crippen LogP) is 22.5. The van der Waals surface area contributed by atoms with Crippen molar-refractivity contribution in [3.63, 3.8) is 0 Å². The Hall–Kier alpha value is -1.66. The number of carbonyl (C=O) groups excluding carboxylic acids is 2. The minimum absolute atomic E-state index is 0.0172. The summed E-state index contributed by atoms with van der Waals surface area (Å²) in [5.41, 5.74) is 0. The van der Waals surface area contributed by atoms with Gasteiger partial charge in [-0.1, -0.05) is 346 Å². The number of hydrogen-bond acceptors (Lipinski definition) is 5. The van der Waals surface area contributed by atoms with E-state index in [9.17, 15) is 19.8 Å². The number of esters is 1. The van der Waals surface area contributed by atoms with Crippen LogP contribution in [0.1, 0.15) is 393 Å². The van der Waals surface area contributed by atoms with Crippen LogP contribution >= 0.6 is 0 Å². The van der Waals surface area contributed by atoms with Gasteiger partial charge in [-0.3, -0.25) is 9.59 Å². The van der Waals surface area contributed by atoms with Crippen molar-refractivity contribution in [2.45, 2.75) is 405 Å². The van der Waals surface area contributed by atoms with E-state index in [4.69, 9.17) is 4.74 Å². The maximum absolute atomic E-state index is 12.5. The Kier molecular flexibility index (Phi) is 65.4. The molecule has 2 atom stereocenters. The van der Waals surface area contributed by atoms with Gasteiger partial charge < -0.3 is 20.3 Å². The van der Waals surface area contributed by atoms with Crippen LogP contribution in [-0.2, 0) is 14.3 Å². The van der Waals surface area contributed by atoms with Crippen molar-refractivity contribution in [1.29, 1.82) is 0 Å². The third kappa shape index (κ3) is 63.4. The quantitative estimate of drug-likeness (QED) is 0.0320. The topological polar surface area (TPSA) is 95.9 Å². The van der Waals surface area contributed by atoms with E-state index >= 15 is 0 Å². The van der Waals surface area contributed by atoms with E-state index in [0.29, 0.717) is 19.4 Å². The molecule has 0 aromatic rings. The first-order chi connectivity index (χ1) is 38.0. The van der Waals surface area contributed by atoms with Gasteiger partial charge in [0, 0.05) is 12.8 Å². The van der Waals surface area contributed by atoms with Gasteiger partial charge in [0.05, 0.1) is 25.4 Å². The highest BCUT2D eigenvalue weighted by Gasteiger charge is 2.18. The molecule has 6 heteroatoms. The molecule has 0 bridgehead atoms. The van der Waals surface area contributed by atoms with E-state index in [0.717, 1.165) is 38.5 Å². The van der Waals surface area contributed by atoms with Crippen LogP contribution in [0.2, 0.25) is 0 Å². The summed E-state index contributed by atoms with van der Waals surface area (Å²) in [4.78, 5) is 24.6. The van der Waals surface area contributed by atoms with Crippen molar-refractivity contribution in [2.24, 2.45) is 0 Å². The Bertz CT molecular complexity index is 1200. The van der Waals surface area contributed by atoms with Crippen molar-refractivity contribution in [2.75, 3.05) is 13.2 Å². The fraction of sp³-hybridized carbons (Fsp3) is 0.915. The number of nitrogens with one attached hydrogen (secondary N) is 1. The molecule has 0 rings (SSSR count). The monoisotopic (exact) mass is 1080 g/mol. The summed E-state index contributed by atoms with van der Waals surface area (Å²) in [6, 6.07) is -0.631. The molecular formula is C71H137NO5. The SMILES string of the molecule is CCCCCCCCCCCCCCCCCCC/C=C/C(O)C(CO)NC(=O)CCCCCCCCCCC/C=C\CCCCCCCCCCCCCCOC(=O)CCCCCCCCCCCCCCCCCC. The Labute approximate surface area is 481 Å².